The van der Waals surface area contributed by atoms with Gasteiger partial charge in [0.25, 0.3) is 0 Å². The molecule has 1 aliphatic heterocycles. The van der Waals surface area contributed by atoms with Crippen molar-refractivity contribution in [3.63, 3.8) is 0 Å². The Balaban J connectivity index is 1.75. The van der Waals surface area contributed by atoms with Crippen LogP contribution >= 0.6 is 23.2 Å². The van der Waals surface area contributed by atoms with Crippen molar-refractivity contribution in [2.75, 3.05) is 29.9 Å². The molecule has 0 saturated heterocycles. The molecule has 0 fully saturated rings. The zero-order valence-electron chi connectivity index (χ0n) is 24.1. The molecule has 2 amide bonds. The molecular weight excluding hydrogens is 613 g/mol. The van der Waals surface area contributed by atoms with Gasteiger partial charge in [0.2, 0.25) is 28.6 Å². The molecule has 12 heteroatoms. The second kappa shape index (κ2) is 14.8. The van der Waals surface area contributed by atoms with Crippen molar-refractivity contribution in [1.82, 2.24) is 10.2 Å². The predicted molar refractivity (Wildman–Crippen MR) is 168 cm³/mol. The summed E-state index contributed by atoms with van der Waals surface area (Å²) < 4.78 is 38.6. The van der Waals surface area contributed by atoms with Gasteiger partial charge in [-0.25, -0.2) is 8.42 Å². The molecule has 230 valence electrons. The van der Waals surface area contributed by atoms with Crippen LogP contribution in [0.5, 0.6) is 11.5 Å². The second-order valence-electron chi connectivity index (χ2n) is 10.1. The minimum Gasteiger partial charge on any atom is -0.454 e. The lowest BCUT2D eigenvalue weighted by Gasteiger charge is -2.34. The van der Waals surface area contributed by atoms with Crippen molar-refractivity contribution >= 4 is 50.7 Å². The summed E-state index contributed by atoms with van der Waals surface area (Å²) in [5, 5.41) is 3.70. The summed E-state index contributed by atoms with van der Waals surface area (Å²) in [6, 6.07) is 18.0. The van der Waals surface area contributed by atoms with Gasteiger partial charge in [-0.2, -0.15) is 0 Å². The number of ether oxygens (including phenoxy) is 2. The monoisotopic (exact) mass is 647 g/mol. The number of anilines is 1. The zero-order chi connectivity index (χ0) is 31.0. The van der Waals surface area contributed by atoms with Gasteiger partial charge in [-0.3, -0.25) is 13.9 Å². The van der Waals surface area contributed by atoms with E-state index in [0.717, 1.165) is 22.7 Å². The topological polar surface area (TPSA) is 105 Å². The highest BCUT2D eigenvalue weighted by Crippen LogP contribution is 2.36. The number of hydrogen-bond acceptors (Lipinski definition) is 6. The highest BCUT2D eigenvalue weighted by Gasteiger charge is 2.34. The van der Waals surface area contributed by atoms with Crippen LogP contribution in [0.1, 0.15) is 37.8 Å². The zero-order valence-corrected chi connectivity index (χ0v) is 26.4. The number of nitrogens with one attached hydrogen (secondary N) is 1. The Morgan fingerprint density at radius 3 is 2.42 bits per heavy atom. The third-order valence-corrected chi connectivity index (χ3v) is 9.41. The van der Waals surface area contributed by atoms with Gasteiger partial charge < -0.3 is 19.7 Å². The highest BCUT2D eigenvalue weighted by atomic mass is 35.5. The van der Waals surface area contributed by atoms with E-state index in [4.69, 9.17) is 32.7 Å². The molecule has 0 spiro atoms. The number of sulfonamides is 1. The van der Waals surface area contributed by atoms with E-state index in [1.54, 1.807) is 30.3 Å². The van der Waals surface area contributed by atoms with Crippen LogP contribution in [-0.4, -0.2) is 56.8 Å². The van der Waals surface area contributed by atoms with E-state index in [9.17, 15) is 18.0 Å². The number of halogens is 2. The van der Waals surface area contributed by atoms with Crippen molar-refractivity contribution in [2.45, 2.75) is 45.7 Å². The lowest BCUT2D eigenvalue weighted by atomic mass is 10.0. The Morgan fingerprint density at radius 2 is 1.72 bits per heavy atom. The third-order valence-electron chi connectivity index (χ3n) is 7.08. The molecule has 1 heterocycles. The molecule has 0 aliphatic carbocycles. The van der Waals surface area contributed by atoms with Crippen LogP contribution in [0.3, 0.4) is 0 Å². The molecule has 43 heavy (non-hydrogen) atoms. The molecule has 0 saturated carbocycles. The number of amides is 2. The van der Waals surface area contributed by atoms with E-state index < -0.39 is 28.5 Å². The van der Waals surface area contributed by atoms with Gasteiger partial charge in [0.15, 0.2) is 11.5 Å². The average molecular weight is 649 g/mol. The first-order valence-electron chi connectivity index (χ1n) is 14.1. The van der Waals surface area contributed by atoms with Crippen molar-refractivity contribution < 1.29 is 27.5 Å². The van der Waals surface area contributed by atoms with Crippen LogP contribution in [0.15, 0.2) is 66.7 Å². The summed E-state index contributed by atoms with van der Waals surface area (Å²) in [6.07, 6.45) is 1.86. The highest BCUT2D eigenvalue weighted by molar-refractivity contribution is 7.92. The molecule has 0 bridgehead atoms. The first-order valence-corrected chi connectivity index (χ1v) is 16.4. The van der Waals surface area contributed by atoms with Crippen molar-refractivity contribution in [3.05, 3.63) is 87.9 Å². The van der Waals surface area contributed by atoms with Crippen molar-refractivity contribution in [1.29, 1.82) is 0 Å². The molecular formula is C31H35Cl2N3O6S. The summed E-state index contributed by atoms with van der Waals surface area (Å²) in [7, 11) is -3.92. The summed E-state index contributed by atoms with van der Waals surface area (Å²) in [5.74, 6) is -0.309. The maximum Gasteiger partial charge on any atom is 0.244 e. The third kappa shape index (κ3) is 8.34. The Kier molecular flexibility index (Phi) is 11.2. The molecule has 0 aromatic heterocycles. The summed E-state index contributed by atoms with van der Waals surface area (Å²) in [6.45, 7) is 3.39. The molecule has 4 rings (SSSR count). The van der Waals surface area contributed by atoms with E-state index in [2.05, 4.69) is 5.32 Å². The maximum absolute atomic E-state index is 14.3. The number of carbonyl (C=O) groups is 2. The Hall–Kier alpha value is -3.47. The fourth-order valence-electron chi connectivity index (χ4n) is 4.65. The SMILES string of the molecule is CCCCNC(=O)[C@H](Cc1ccccc1)N(Cc1ccc(Cl)cc1Cl)C(=O)CN(c1ccc2c(c1)OCO2)S(=O)(=O)CC. The van der Waals surface area contributed by atoms with Gasteiger partial charge >= 0.3 is 0 Å². The minimum atomic E-state index is -3.92. The smallest absolute Gasteiger partial charge is 0.244 e. The fraction of sp³-hybridized carbons (Fsp3) is 0.355. The van der Waals surface area contributed by atoms with E-state index in [1.165, 1.54) is 17.9 Å². The first-order chi connectivity index (χ1) is 20.6. The van der Waals surface area contributed by atoms with E-state index >= 15 is 0 Å². The normalized spacial score (nSPS) is 12.9. The number of hydrogen-bond donors (Lipinski definition) is 1. The molecule has 9 nitrogen and oxygen atoms in total. The van der Waals surface area contributed by atoms with E-state index in [0.29, 0.717) is 33.7 Å². The van der Waals surface area contributed by atoms with Gasteiger partial charge in [0.05, 0.1) is 11.4 Å². The molecule has 0 radical (unpaired) electrons. The number of rotatable bonds is 14. The Labute approximate surface area is 262 Å². The largest absolute Gasteiger partial charge is 0.454 e. The van der Waals surface area contributed by atoms with Gasteiger partial charge in [-0.05, 0) is 48.7 Å². The summed E-state index contributed by atoms with van der Waals surface area (Å²) in [4.78, 5) is 29.4. The molecule has 3 aromatic carbocycles. The van der Waals surface area contributed by atoms with Crippen LogP contribution < -0.4 is 19.1 Å². The van der Waals surface area contributed by atoms with Crippen molar-refractivity contribution in [3.8, 4) is 11.5 Å². The molecule has 1 atom stereocenters. The fourth-order valence-corrected chi connectivity index (χ4v) is 6.18. The van der Waals surface area contributed by atoms with Crippen LogP contribution in [0.2, 0.25) is 10.0 Å². The Bertz CT molecular complexity index is 1540. The number of nitrogens with zero attached hydrogens (tertiary/aromatic N) is 2. The predicted octanol–water partition coefficient (Wildman–Crippen LogP) is 5.43. The lowest BCUT2D eigenvalue weighted by Crippen LogP contribution is -2.53. The minimum absolute atomic E-state index is 0.0161. The standard InChI is InChI=1S/C31H35Cl2N3O6S/c1-3-5-15-34-31(38)27(16-22-9-7-6-8-10-22)35(19-23-11-12-24(32)17-26(23)33)30(37)20-36(43(39,40)4-2)25-13-14-28-29(18-25)42-21-41-28/h6-14,17-18,27H,3-5,15-16,19-21H2,1-2H3,(H,34,38)/t27-/m0/s1. The van der Waals surface area contributed by atoms with E-state index in [1.807, 2.05) is 37.3 Å². The Morgan fingerprint density at radius 1 is 0.977 bits per heavy atom. The second-order valence-corrected chi connectivity index (χ2v) is 13.1. The van der Waals surface area contributed by atoms with Gasteiger partial charge in [-0.1, -0.05) is 72.9 Å². The lowest BCUT2D eigenvalue weighted by molar-refractivity contribution is -0.140. The molecule has 1 aliphatic rings. The molecule has 0 unspecified atom stereocenters. The van der Waals surface area contributed by atoms with Crippen LogP contribution in [0.4, 0.5) is 5.69 Å². The van der Waals surface area contributed by atoms with Crippen LogP contribution in [0, 0.1) is 0 Å². The first kappa shape index (κ1) is 32.4. The number of fused-ring (bicyclic) bond motifs is 1. The molecule has 1 N–H and O–H groups in total. The van der Waals surface area contributed by atoms with Gasteiger partial charge in [0, 0.05) is 35.6 Å². The van der Waals surface area contributed by atoms with Gasteiger partial charge in [0.1, 0.15) is 12.6 Å². The van der Waals surface area contributed by atoms with Crippen LogP contribution in [0.25, 0.3) is 0 Å². The quantitative estimate of drug-likeness (QED) is 0.234. The van der Waals surface area contributed by atoms with Gasteiger partial charge in [-0.15, -0.1) is 0 Å². The average Bonchev–Trinajstić information content (AvgIpc) is 3.47. The molecule has 3 aromatic rings. The number of carbonyl (C=O) groups excluding carboxylic acids is 2. The van der Waals surface area contributed by atoms with Crippen molar-refractivity contribution in [2.24, 2.45) is 0 Å². The van der Waals surface area contributed by atoms with E-state index in [-0.39, 0.29) is 37.1 Å². The number of unbranched alkanes of at least 4 members (excludes halogenated alkanes) is 1. The maximum atomic E-state index is 14.3. The van der Waals surface area contributed by atoms with Crippen LogP contribution in [-0.2, 0) is 32.6 Å². The summed E-state index contributed by atoms with van der Waals surface area (Å²) in [5.41, 5.74) is 1.65. The number of benzene rings is 3. The summed E-state index contributed by atoms with van der Waals surface area (Å²) >= 11 is 12.6.